The van der Waals surface area contributed by atoms with Gasteiger partial charge in [-0.05, 0) is 12.8 Å². The largest absolute Gasteiger partial charge is 0.388 e. The van der Waals surface area contributed by atoms with Crippen LogP contribution in [0.1, 0.15) is 32.1 Å². The molecule has 2 N–H and O–H groups in total. The first-order valence-electron chi connectivity index (χ1n) is 6.14. The number of nitrogens with zero attached hydrogens (tertiary/aromatic N) is 3. The van der Waals surface area contributed by atoms with Crippen molar-refractivity contribution in [1.29, 1.82) is 0 Å². The van der Waals surface area contributed by atoms with E-state index in [1.54, 1.807) is 7.05 Å². The SMILES string of the molecule is Cn1cc([N+](=O)[O-])c(NCC2(O)CCCCC2)n1. The third-order valence-corrected chi connectivity index (χ3v) is 3.38. The fraction of sp³-hybridized carbons (Fsp3) is 0.727. The van der Waals surface area contributed by atoms with Crippen molar-refractivity contribution >= 4 is 11.5 Å². The number of anilines is 1. The maximum absolute atomic E-state index is 10.8. The Hall–Kier alpha value is -1.63. The highest BCUT2D eigenvalue weighted by Gasteiger charge is 2.30. The molecule has 1 aliphatic carbocycles. The van der Waals surface area contributed by atoms with Crippen molar-refractivity contribution in [3.8, 4) is 0 Å². The van der Waals surface area contributed by atoms with Crippen molar-refractivity contribution in [1.82, 2.24) is 9.78 Å². The minimum absolute atomic E-state index is 0.0584. The summed E-state index contributed by atoms with van der Waals surface area (Å²) in [5.41, 5.74) is -0.819. The average molecular weight is 254 g/mol. The summed E-state index contributed by atoms with van der Waals surface area (Å²) in [6.07, 6.45) is 5.98. The minimum Gasteiger partial charge on any atom is -0.388 e. The number of aryl methyl sites for hydroxylation is 1. The Morgan fingerprint density at radius 2 is 2.22 bits per heavy atom. The van der Waals surface area contributed by atoms with E-state index in [0.29, 0.717) is 6.54 Å². The second kappa shape index (κ2) is 4.93. The van der Waals surface area contributed by atoms with Crippen LogP contribution in [-0.2, 0) is 7.05 Å². The summed E-state index contributed by atoms with van der Waals surface area (Å²) in [6.45, 7) is 0.310. The molecule has 2 rings (SSSR count). The minimum atomic E-state index is -0.760. The molecule has 7 heteroatoms. The van der Waals surface area contributed by atoms with E-state index in [1.807, 2.05) is 0 Å². The van der Waals surface area contributed by atoms with Crippen LogP contribution in [0.15, 0.2) is 6.20 Å². The Kier molecular flexibility index (Phi) is 3.51. The first kappa shape index (κ1) is 12.8. The third kappa shape index (κ3) is 2.79. The van der Waals surface area contributed by atoms with Crippen molar-refractivity contribution in [2.45, 2.75) is 37.7 Å². The van der Waals surface area contributed by atoms with E-state index < -0.39 is 10.5 Å². The fourth-order valence-electron chi connectivity index (χ4n) is 2.37. The number of hydrogen-bond acceptors (Lipinski definition) is 5. The van der Waals surface area contributed by atoms with Crippen LogP contribution < -0.4 is 5.32 Å². The molecule has 1 aromatic heterocycles. The number of nitro groups is 1. The van der Waals surface area contributed by atoms with Crippen LogP contribution in [0.5, 0.6) is 0 Å². The van der Waals surface area contributed by atoms with E-state index in [1.165, 1.54) is 10.9 Å². The summed E-state index contributed by atoms with van der Waals surface area (Å²) < 4.78 is 1.39. The van der Waals surface area contributed by atoms with Crippen LogP contribution in [0.25, 0.3) is 0 Å². The van der Waals surface area contributed by atoms with Gasteiger partial charge in [-0.1, -0.05) is 19.3 Å². The van der Waals surface area contributed by atoms with Gasteiger partial charge in [0.2, 0.25) is 5.82 Å². The molecule has 1 aliphatic rings. The molecule has 1 aromatic rings. The topological polar surface area (TPSA) is 93.2 Å². The van der Waals surface area contributed by atoms with Gasteiger partial charge in [0.1, 0.15) is 6.20 Å². The van der Waals surface area contributed by atoms with Gasteiger partial charge in [0, 0.05) is 13.6 Å². The molecule has 0 aromatic carbocycles. The lowest BCUT2D eigenvalue weighted by molar-refractivity contribution is -0.384. The van der Waals surface area contributed by atoms with Crippen molar-refractivity contribution in [3.05, 3.63) is 16.3 Å². The first-order chi connectivity index (χ1) is 8.50. The molecule has 1 fully saturated rings. The number of aliphatic hydroxyl groups is 1. The average Bonchev–Trinajstić information content (AvgIpc) is 2.69. The van der Waals surface area contributed by atoms with Crippen molar-refractivity contribution in [2.24, 2.45) is 7.05 Å². The van der Waals surface area contributed by atoms with Gasteiger partial charge in [0.25, 0.3) is 0 Å². The Morgan fingerprint density at radius 1 is 1.56 bits per heavy atom. The van der Waals surface area contributed by atoms with Gasteiger partial charge in [-0.3, -0.25) is 14.8 Å². The molecule has 18 heavy (non-hydrogen) atoms. The number of hydrogen-bond donors (Lipinski definition) is 2. The monoisotopic (exact) mass is 254 g/mol. The van der Waals surface area contributed by atoms with Crippen molar-refractivity contribution in [2.75, 3.05) is 11.9 Å². The van der Waals surface area contributed by atoms with E-state index in [9.17, 15) is 15.2 Å². The Morgan fingerprint density at radius 3 is 2.83 bits per heavy atom. The van der Waals surface area contributed by atoms with E-state index >= 15 is 0 Å². The third-order valence-electron chi connectivity index (χ3n) is 3.38. The van der Waals surface area contributed by atoms with Gasteiger partial charge in [0.05, 0.1) is 10.5 Å². The van der Waals surface area contributed by atoms with Gasteiger partial charge in [-0.25, -0.2) is 0 Å². The van der Waals surface area contributed by atoms with Crippen LogP contribution in [0.3, 0.4) is 0 Å². The molecule has 0 spiro atoms. The zero-order valence-electron chi connectivity index (χ0n) is 10.4. The molecule has 0 amide bonds. The molecule has 7 nitrogen and oxygen atoms in total. The number of nitrogens with one attached hydrogen (secondary N) is 1. The highest BCUT2D eigenvalue weighted by molar-refractivity contribution is 5.54. The van der Waals surface area contributed by atoms with E-state index in [2.05, 4.69) is 10.4 Å². The second-order valence-corrected chi connectivity index (χ2v) is 4.93. The lowest BCUT2D eigenvalue weighted by atomic mass is 9.85. The quantitative estimate of drug-likeness (QED) is 0.626. The molecule has 0 aliphatic heterocycles. The first-order valence-corrected chi connectivity index (χ1v) is 6.14. The molecule has 100 valence electrons. The zero-order chi connectivity index (χ0) is 13.2. The van der Waals surface area contributed by atoms with Gasteiger partial charge < -0.3 is 10.4 Å². The smallest absolute Gasteiger partial charge is 0.330 e. The van der Waals surface area contributed by atoms with Crippen LogP contribution >= 0.6 is 0 Å². The summed E-state index contributed by atoms with van der Waals surface area (Å²) in [5.74, 6) is 0.224. The Labute approximate surface area is 105 Å². The molecular weight excluding hydrogens is 236 g/mol. The van der Waals surface area contributed by atoms with Gasteiger partial charge in [0.15, 0.2) is 0 Å². The highest BCUT2D eigenvalue weighted by atomic mass is 16.6. The fourth-order valence-corrected chi connectivity index (χ4v) is 2.37. The summed E-state index contributed by atoms with van der Waals surface area (Å²) >= 11 is 0. The van der Waals surface area contributed by atoms with E-state index in [-0.39, 0.29) is 11.5 Å². The molecule has 0 radical (unpaired) electrons. The Balaban J connectivity index is 2.03. The van der Waals surface area contributed by atoms with Crippen molar-refractivity contribution in [3.63, 3.8) is 0 Å². The maximum atomic E-state index is 10.8. The second-order valence-electron chi connectivity index (χ2n) is 4.93. The molecule has 0 unspecified atom stereocenters. The standard InChI is InChI=1S/C11H18N4O3/c1-14-7-9(15(17)18)10(13-14)12-8-11(16)5-3-2-4-6-11/h7,16H,2-6,8H2,1H3,(H,12,13). The molecule has 0 bridgehead atoms. The normalized spacial score (nSPS) is 18.6. The molecule has 0 saturated heterocycles. The predicted octanol–water partition coefficient (Wildman–Crippen LogP) is 1.44. The Bertz CT molecular complexity index is 437. The summed E-state index contributed by atoms with van der Waals surface area (Å²) in [4.78, 5) is 10.3. The zero-order valence-corrected chi connectivity index (χ0v) is 10.4. The summed E-state index contributed by atoms with van der Waals surface area (Å²) in [6, 6.07) is 0. The van der Waals surface area contributed by atoms with Crippen LogP contribution in [-0.4, -0.2) is 32.0 Å². The molecular formula is C11H18N4O3. The number of rotatable bonds is 4. The summed E-state index contributed by atoms with van der Waals surface area (Å²) in [7, 11) is 1.63. The van der Waals surface area contributed by atoms with Gasteiger partial charge >= 0.3 is 5.69 Å². The van der Waals surface area contributed by atoms with E-state index in [4.69, 9.17) is 0 Å². The van der Waals surface area contributed by atoms with Crippen LogP contribution in [0, 0.1) is 10.1 Å². The summed E-state index contributed by atoms with van der Waals surface area (Å²) in [5, 5.41) is 28.0. The maximum Gasteiger partial charge on any atom is 0.330 e. The lowest BCUT2D eigenvalue weighted by Crippen LogP contribution is -2.38. The molecule has 1 saturated carbocycles. The van der Waals surface area contributed by atoms with Gasteiger partial charge in [-0.2, -0.15) is 0 Å². The lowest BCUT2D eigenvalue weighted by Gasteiger charge is -2.31. The predicted molar refractivity (Wildman–Crippen MR) is 66.4 cm³/mol. The van der Waals surface area contributed by atoms with Crippen LogP contribution in [0.4, 0.5) is 11.5 Å². The van der Waals surface area contributed by atoms with Gasteiger partial charge in [-0.15, -0.1) is 5.10 Å². The van der Waals surface area contributed by atoms with Crippen LogP contribution in [0.2, 0.25) is 0 Å². The van der Waals surface area contributed by atoms with E-state index in [0.717, 1.165) is 32.1 Å². The molecule has 0 atom stereocenters. The van der Waals surface area contributed by atoms with Crippen molar-refractivity contribution < 1.29 is 10.0 Å². The molecule has 1 heterocycles. The number of aromatic nitrogens is 2. The highest BCUT2D eigenvalue weighted by Crippen LogP contribution is 2.29.